The number of carbonyl (C=O) groups is 2. The Labute approximate surface area is 145 Å². The third kappa shape index (κ3) is 4.56. The van der Waals surface area contributed by atoms with Crippen molar-refractivity contribution in [2.45, 2.75) is 12.1 Å². The van der Waals surface area contributed by atoms with Gasteiger partial charge in [-0.25, -0.2) is 4.79 Å². The van der Waals surface area contributed by atoms with E-state index in [4.69, 9.17) is 4.74 Å². The largest absolute Gasteiger partial charge is 0.386 e. The fourth-order valence-corrected chi connectivity index (χ4v) is 2.55. The molecule has 2 aromatic carbocycles. The number of urea groups is 1. The molecule has 25 heavy (non-hydrogen) atoms. The number of aliphatic hydroxyl groups is 1. The fourth-order valence-electron chi connectivity index (χ4n) is 2.55. The van der Waals surface area contributed by atoms with Crippen molar-refractivity contribution in [2.24, 2.45) is 0 Å². The summed E-state index contributed by atoms with van der Waals surface area (Å²) in [6.07, 6.45) is -0.878. The van der Waals surface area contributed by atoms with E-state index >= 15 is 0 Å². The molecule has 3 rings (SSSR count). The Kier molecular flexibility index (Phi) is 5.27. The second-order valence-electron chi connectivity index (χ2n) is 5.70. The average Bonchev–Trinajstić information content (AvgIpc) is 2.62. The minimum Gasteiger partial charge on any atom is -0.386 e. The molecule has 2 atom stereocenters. The Bertz CT molecular complexity index is 734. The van der Waals surface area contributed by atoms with Crippen molar-refractivity contribution in [1.29, 1.82) is 0 Å². The van der Waals surface area contributed by atoms with E-state index in [0.29, 0.717) is 16.9 Å². The highest BCUT2D eigenvalue weighted by atomic mass is 16.5. The molecule has 0 aliphatic carbocycles. The van der Waals surface area contributed by atoms with Crippen molar-refractivity contribution in [2.75, 3.05) is 23.8 Å². The van der Waals surface area contributed by atoms with E-state index in [9.17, 15) is 14.7 Å². The lowest BCUT2D eigenvalue weighted by Gasteiger charge is -2.28. The van der Waals surface area contributed by atoms with Crippen LogP contribution in [0.5, 0.6) is 0 Å². The van der Waals surface area contributed by atoms with E-state index in [1.165, 1.54) is 0 Å². The lowest BCUT2D eigenvalue weighted by atomic mass is 10.0. The molecule has 3 amide bonds. The normalized spacial score (nSPS) is 18.1. The number of carbonyl (C=O) groups excluding carboxylic acids is 2. The van der Waals surface area contributed by atoms with E-state index in [-0.39, 0.29) is 25.2 Å². The smallest absolute Gasteiger partial charge is 0.323 e. The molecule has 0 bridgehead atoms. The van der Waals surface area contributed by atoms with Crippen LogP contribution in [-0.4, -0.2) is 36.3 Å². The van der Waals surface area contributed by atoms with Gasteiger partial charge in [0.05, 0.1) is 12.6 Å². The van der Waals surface area contributed by atoms with Gasteiger partial charge in [-0.05, 0) is 29.8 Å². The van der Waals surface area contributed by atoms with Gasteiger partial charge in [-0.3, -0.25) is 4.79 Å². The summed E-state index contributed by atoms with van der Waals surface area (Å²) in [5.41, 5.74) is 1.92. The minimum atomic E-state index is -0.878. The van der Waals surface area contributed by atoms with Gasteiger partial charge < -0.3 is 25.8 Å². The van der Waals surface area contributed by atoms with Gasteiger partial charge in [-0.1, -0.05) is 30.3 Å². The molecule has 7 nitrogen and oxygen atoms in total. The van der Waals surface area contributed by atoms with Crippen molar-refractivity contribution >= 4 is 23.3 Å². The number of anilines is 2. The molecule has 4 N–H and O–H groups in total. The number of hydrogen-bond acceptors (Lipinski definition) is 4. The Hall–Kier alpha value is -2.90. The van der Waals surface area contributed by atoms with Crippen molar-refractivity contribution in [3.8, 4) is 0 Å². The van der Waals surface area contributed by atoms with E-state index in [1.54, 1.807) is 36.4 Å². The highest BCUT2D eigenvalue weighted by molar-refractivity contribution is 5.99. The van der Waals surface area contributed by atoms with Crippen LogP contribution in [0.3, 0.4) is 0 Å². The summed E-state index contributed by atoms with van der Waals surface area (Å²) in [6.45, 7) is 0.273. The Morgan fingerprint density at radius 3 is 2.36 bits per heavy atom. The molecule has 7 heteroatoms. The molecule has 0 saturated carbocycles. The van der Waals surface area contributed by atoms with Crippen LogP contribution in [-0.2, 0) is 9.53 Å². The number of amides is 3. The van der Waals surface area contributed by atoms with Crippen LogP contribution < -0.4 is 16.0 Å². The quantitative estimate of drug-likeness (QED) is 0.682. The second kappa shape index (κ2) is 7.78. The molecular formula is C18H19N3O4. The van der Waals surface area contributed by atoms with Gasteiger partial charge in [0, 0.05) is 11.4 Å². The van der Waals surface area contributed by atoms with Crippen LogP contribution in [0.25, 0.3) is 0 Å². The molecule has 1 heterocycles. The van der Waals surface area contributed by atoms with Crippen LogP contribution >= 0.6 is 0 Å². The van der Waals surface area contributed by atoms with Gasteiger partial charge in [0.25, 0.3) is 0 Å². The van der Waals surface area contributed by atoms with Crippen LogP contribution in [0.1, 0.15) is 11.7 Å². The summed E-state index contributed by atoms with van der Waals surface area (Å²) in [6, 6.07) is 15.1. The van der Waals surface area contributed by atoms with Crippen LogP contribution in [0.4, 0.5) is 16.2 Å². The zero-order valence-electron chi connectivity index (χ0n) is 13.4. The number of rotatable bonds is 4. The molecule has 2 aromatic rings. The second-order valence-corrected chi connectivity index (χ2v) is 5.70. The third-order valence-corrected chi connectivity index (χ3v) is 3.80. The highest BCUT2D eigenvalue weighted by Gasteiger charge is 2.26. The van der Waals surface area contributed by atoms with Crippen LogP contribution in [0.2, 0.25) is 0 Å². The summed E-state index contributed by atoms with van der Waals surface area (Å²) in [5.74, 6) is -0.244. The molecule has 1 aliphatic rings. The lowest BCUT2D eigenvalue weighted by molar-refractivity contribution is -0.133. The minimum absolute atomic E-state index is 0.0165. The molecule has 0 radical (unpaired) electrons. The van der Waals surface area contributed by atoms with E-state index in [2.05, 4.69) is 16.0 Å². The summed E-state index contributed by atoms with van der Waals surface area (Å²) in [5, 5.41) is 18.5. The third-order valence-electron chi connectivity index (χ3n) is 3.80. The molecule has 1 fully saturated rings. The maximum atomic E-state index is 11.9. The Morgan fingerprint density at radius 2 is 1.72 bits per heavy atom. The number of para-hydroxylation sites is 1. The zero-order valence-corrected chi connectivity index (χ0v) is 13.4. The molecule has 1 aliphatic heterocycles. The predicted molar refractivity (Wildman–Crippen MR) is 93.2 cm³/mol. The number of aliphatic hydroxyl groups excluding tert-OH is 1. The fraction of sp³-hybridized carbons (Fsp3) is 0.222. The maximum absolute atomic E-state index is 11.9. The SMILES string of the molecule is O=C1COC[C@H]([C@H](O)c2ccc(NC(=O)Nc3ccccc3)cc2)N1. The van der Waals surface area contributed by atoms with Crippen molar-refractivity contribution in [3.05, 3.63) is 60.2 Å². The summed E-state index contributed by atoms with van der Waals surface area (Å²) in [7, 11) is 0. The van der Waals surface area contributed by atoms with Crippen molar-refractivity contribution < 1.29 is 19.4 Å². The number of hydrogen-bond donors (Lipinski definition) is 4. The molecule has 0 unspecified atom stereocenters. The molecule has 1 saturated heterocycles. The number of morpholine rings is 1. The van der Waals surface area contributed by atoms with Gasteiger partial charge in [0.15, 0.2) is 0 Å². The highest BCUT2D eigenvalue weighted by Crippen LogP contribution is 2.21. The number of nitrogens with one attached hydrogen (secondary N) is 3. The van der Waals surface area contributed by atoms with Crippen molar-refractivity contribution in [1.82, 2.24) is 5.32 Å². The number of benzene rings is 2. The molecule has 130 valence electrons. The first-order chi connectivity index (χ1) is 12.1. The standard InChI is InChI=1S/C18H19N3O4/c22-16-11-25-10-15(21-16)17(23)12-6-8-14(9-7-12)20-18(24)19-13-4-2-1-3-5-13/h1-9,15,17,23H,10-11H2,(H,21,22)(H2,19,20,24)/t15-,17-/m1/s1. The van der Waals surface area contributed by atoms with Gasteiger partial charge >= 0.3 is 6.03 Å². The molecule has 0 aromatic heterocycles. The zero-order chi connectivity index (χ0) is 17.6. The summed E-state index contributed by atoms with van der Waals surface area (Å²) >= 11 is 0. The predicted octanol–water partition coefficient (Wildman–Crippen LogP) is 1.88. The first kappa shape index (κ1) is 16.9. The Morgan fingerprint density at radius 1 is 1.08 bits per heavy atom. The first-order valence-corrected chi connectivity index (χ1v) is 7.90. The monoisotopic (exact) mass is 341 g/mol. The summed E-state index contributed by atoms with van der Waals surface area (Å²) < 4.78 is 5.13. The topological polar surface area (TPSA) is 99.7 Å². The summed E-state index contributed by atoms with van der Waals surface area (Å²) in [4.78, 5) is 23.3. The Balaban J connectivity index is 1.58. The lowest BCUT2D eigenvalue weighted by Crippen LogP contribution is -2.48. The van der Waals surface area contributed by atoms with Crippen LogP contribution in [0.15, 0.2) is 54.6 Å². The van der Waals surface area contributed by atoms with E-state index < -0.39 is 12.1 Å². The van der Waals surface area contributed by atoms with Gasteiger partial charge in [0.2, 0.25) is 5.91 Å². The molecular weight excluding hydrogens is 322 g/mol. The van der Waals surface area contributed by atoms with E-state index in [1.807, 2.05) is 18.2 Å². The average molecular weight is 341 g/mol. The van der Waals surface area contributed by atoms with Crippen molar-refractivity contribution in [3.63, 3.8) is 0 Å². The van der Waals surface area contributed by atoms with E-state index in [0.717, 1.165) is 0 Å². The number of ether oxygens (including phenoxy) is 1. The molecule has 0 spiro atoms. The van der Waals surface area contributed by atoms with Gasteiger partial charge in [-0.2, -0.15) is 0 Å². The maximum Gasteiger partial charge on any atom is 0.323 e. The van der Waals surface area contributed by atoms with Crippen LogP contribution in [0, 0.1) is 0 Å². The van der Waals surface area contributed by atoms with Gasteiger partial charge in [0.1, 0.15) is 12.7 Å². The first-order valence-electron chi connectivity index (χ1n) is 7.90. The van der Waals surface area contributed by atoms with Gasteiger partial charge in [-0.15, -0.1) is 0 Å².